The van der Waals surface area contributed by atoms with E-state index in [1.54, 1.807) is 24.5 Å². The molecular weight excluding hydrogens is 644 g/mol. The highest BCUT2D eigenvalue weighted by Crippen LogP contribution is 2.37. The molecule has 10 heteroatoms. The van der Waals surface area contributed by atoms with Crippen LogP contribution in [0.4, 0.5) is 19.1 Å². The van der Waals surface area contributed by atoms with E-state index in [4.69, 9.17) is 16.3 Å². The van der Waals surface area contributed by atoms with Gasteiger partial charge < -0.3 is 10.1 Å². The summed E-state index contributed by atoms with van der Waals surface area (Å²) in [6, 6.07) is 34.2. The summed E-state index contributed by atoms with van der Waals surface area (Å²) in [6.07, 6.45) is 0.318. The molecule has 0 saturated carbocycles. The molecule has 47 heavy (non-hydrogen) atoms. The third-order valence-electron chi connectivity index (χ3n) is 7.67. The smallest absolute Gasteiger partial charge is 0.417 e. The van der Waals surface area contributed by atoms with Crippen molar-refractivity contribution < 1.29 is 17.9 Å². The third-order valence-corrected chi connectivity index (χ3v) is 8.12. The Morgan fingerprint density at radius 2 is 1.47 bits per heavy atom. The fourth-order valence-electron chi connectivity index (χ4n) is 5.41. The number of ether oxygens (including phenoxy) is 1. The first-order chi connectivity index (χ1) is 22.4. The molecule has 1 heterocycles. The van der Waals surface area contributed by atoms with Gasteiger partial charge in [0.05, 0.1) is 17.2 Å². The molecule has 0 atom stereocenters. The second kappa shape index (κ2) is 17.7. The molecule has 5 rings (SSSR count). The Morgan fingerprint density at radius 1 is 0.809 bits per heavy atom. The van der Waals surface area contributed by atoms with Gasteiger partial charge in [0.15, 0.2) is 0 Å². The number of hydrogen-bond acceptors (Lipinski definition) is 5. The highest BCUT2D eigenvalue weighted by Gasteiger charge is 2.34. The van der Waals surface area contributed by atoms with Crippen molar-refractivity contribution in [1.29, 1.82) is 0 Å². The van der Waals surface area contributed by atoms with Gasteiger partial charge in [-0.2, -0.15) is 13.2 Å². The van der Waals surface area contributed by atoms with Crippen LogP contribution in [0.25, 0.3) is 0 Å². The lowest BCUT2D eigenvalue weighted by Crippen LogP contribution is -2.31. The summed E-state index contributed by atoms with van der Waals surface area (Å²) in [5.74, 6) is 1.37. The largest absolute Gasteiger partial charge is 0.494 e. The van der Waals surface area contributed by atoms with Crippen molar-refractivity contribution in [3.05, 3.63) is 154 Å². The minimum Gasteiger partial charge on any atom is -0.494 e. The molecule has 0 unspecified atom stereocenters. The van der Waals surface area contributed by atoms with Gasteiger partial charge in [-0.25, -0.2) is 9.97 Å². The Morgan fingerprint density at radius 3 is 2.13 bits per heavy atom. The van der Waals surface area contributed by atoms with Gasteiger partial charge in [0.2, 0.25) is 5.95 Å². The SMILES string of the molecule is Cl.FC(F)(F)c1cccc(CN(CCCOc2cccc(CCNc3ncccn3)c2)CC(c2ccccc2)c2ccccc2)c1Cl. The molecule has 0 aliphatic heterocycles. The van der Waals surface area contributed by atoms with Crippen molar-refractivity contribution in [1.82, 2.24) is 14.9 Å². The van der Waals surface area contributed by atoms with E-state index >= 15 is 0 Å². The Bertz CT molecular complexity index is 1610. The fraction of sp³-hybridized carbons (Fsp3) is 0.243. The van der Waals surface area contributed by atoms with E-state index < -0.39 is 11.7 Å². The second-order valence-electron chi connectivity index (χ2n) is 11.0. The summed E-state index contributed by atoms with van der Waals surface area (Å²) in [4.78, 5) is 10.5. The molecule has 0 bridgehead atoms. The van der Waals surface area contributed by atoms with Crippen LogP contribution in [0.15, 0.2) is 122 Å². The number of anilines is 1. The zero-order valence-electron chi connectivity index (χ0n) is 25.7. The average molecular weight is 682 g/mol. The molecule has 5 nitrogen and oxygen atoms in total. The Hall–Kier alpha value is -4.11. The Labute approximate surface area is 285 Å². The van der Waals surface area contributed by atoms with Crippen LogP contribution in [-0.2, 0) is 19.1 Å². The van der Waals surface area contributed by atoms with Crippen LogP contribution in [0.2, 0.25) is 5.02 Å². The molecule has 0 radical (unpaired) electrons. The molecule has 246 valence electrons. The predicted molar refractivity (Wildman–Crippen MR) is 184 cm³/mol. The summed E-state index contributed by atoms with van der Waals surface area (Å²) >= 11 is 6.35. The fourth-order valence-corrected chi connectivity index (χ4v) is 5.70. The third kappa shape index (κ3) is 10.7. The van der Waals surface area contributed by atoms with Gasteiger partial charge >= 0.3 is 6.18 Å². The number of alkyl halides is 3. The van der Waals surface area contributed by atoms with Crippen molar-refractivity contribution in [2.45, 2.75) is 31.5 Å². The van der Waals surface area contributed by atoms with Crippen LogP contribution in [-0.4, -0.2) is 41.1 Å². The molecule has 4 aromatic carbocycles. The number of nitrogens with one attached hydrogen (secondary N) is 1. The van der Waals surface area contributed by atoms with Gasteiger partial charge in [0, 0.05) is 44.5 Å². The summed E-state index contributed by atoms with van der Waals surface area (Å²) in [7, 11) is 0. The number of aromatic nitrogens is 2. The predicted octanol–water partition coefficient (Wildman–Crippen LogP) is 9.33. The molecule has 0 aliphatic carbocycles. The van der Waals surface area contributed by atoms with Crippen LogP contribution in [0.3, 0.4) is 0 Å². The van der Waals surface area contributed by atoms with Crippen molar-refractivity contribution in [2.75, 3.05) is 31.6 Å². The minimum atomic E-state index is -4.53. The van der Waals surface area contributed by atoms with Crippen LogP contribution < -0.4 is 10.1 Å². The van der Waals surface area contributed by atoms with E-state index in [1.807, 2.05) is 60.7 Å². The molecule has 1 N–H and O–H groups in total. The molecule has 1 aromatic heterocycles. The Balaban J connectivity index is 0.00000500. The summed E-state index contributed by atoms with van der Waals surface area (Å²) in [5.41, 5.74) is 3.02. The lowest BCUT2D eigenvalue weighted by Gasteiger charge is -2.29. The first-order valence-corrected chi connectivity index (χ1v) is 15.6. The summed E-state index contributed by atoms with van der Waals surface area (Å²) in [6.45, 7) is 2.60. The molecule has 5 aromatic rings. The van der Waals surface area contributed by atoms with E-state index in [0.717, 1.165) is 34.9 Å². The molecule has 0 saturated heterocycles. The van der Waals surface area contributed by atoms with Crippen molar-refractivity contribution in [3.8, 4) is 5.75 Å². The lowest BCUT2D eigenvalue weighted by molar-refractivity contribution is -0.137. The van der Waals surface area contributed by atoms with Crippen LogP contribution in [0, 0.1) is 0 Å². The second-order valence-corrected chi connectivity index (χ2v) is 11.4. The van der Waals surface area contributed by atoms with Gasteiger partial charge in [0.1, 0.15) is 5.75 Å². The highest BCUT2D eigenvalue weighted by atomic mass is 35.5. The van der Waals surface area contributed by atoms with Gasteiger partial charge in [-0.05, 0) is 59.4 Å². The molecule has 0 amide bonds. The first-order valence-electron chi connectivity index (χ1n) is 15.3. The standard InChI is InChI=1S/C37H36ClF3N4O.ClH/c38-35-31(16-8-18-34(35)37(39,40)41)26-45(27-33(29-12-3-1-4-13-29)30-14-5-2-6-15-30)23-10-24-46-32-17-7-11-28(25-32)19-22-44-36-42-20-9-21-43-36;/h1-9,11-18,20-21,25,33H,10,19,22-24,26-27H2,(H,42,43,44);1H. The number of hydrogen-bond donors (Lipinski definition) is 1. The van der Waals surface area contributed by atoms with Gasteiger partial charge in [-0.3, -0.25) is 4.90 Å². The monoisotopic (exact) mass is 680 g/mol. The maximum absolute atomic E-state index is 13.7. The van der Waals surface area contributed by atoms with E-state index in [1.165, 1.54) is 6.07 Å². The van der Waals surface area contributed by atoms with Gasteiger partial charge in [-0.15, -0.1) is 12.4 Å². The van der Waals surface area contributed by atoms with Crippen molar-refractivity contribution >= 4 is 30.0 Å². The topological polar surface area (TPSA) is 50.3 Å². The zero-order chi connectivity index (χ0) is 32.2. The molecular formula is C37H37Cl2F3N4O. The van der Waals surface area contributed by atoms with Gasteiger partial charge in [-0.1, -0.05) is 96.5 Å². The van der Waals surface area contributed by atoms with E-state index in [-0.39, 0.29) is 29.9 Å². The van der Waals surface area contributed by atoms with Crippen LogP contribution in [0.5, 0.6) is 5.75 Å². The van der Waals surface area contributed by atoms with E-state index in [9.17, 15) is 13.2 Å². The Kier molecular flexibility index (Phi) is 13.5. The minimum absolute atomic E-state index is 0. The lowest BCUT2D eigenvalue weighted by atomic mass is 9.90. The normalized spacial score (nSPS) is 11.4. The van der Waals surface area contributed by atoms with Gasteiger partial charge in [0.25, 0.3) is 0 Å². The molecule has 0 fully saturated rings. The number of nitrogens with zero attached hydrogens (tertiary/aromatic N) is 3. The first kappa shape index (κ1) is 35.7. The van der Waals surface area contributed by atoms with Crippen LogP contribution in [0.1, 0.15) is 40.2 Å². The van der Waals surface area contributed by atoms with E-state index in [0.29, 0.717) is 44.2 Å². The van der Waals surface area contributed by atoms with Crippen LogP contribution >= 0.6 is 24.0 Å². The average Bonchev–Trinajstić information content (AvgIpc) is 3.07. The quantitative estimate of drug-likeness (QED) is 0.112. The van der Waals surface area contributed by atoms with Crippen molar-refractivity contribution in [3.63, 3.8) is 0 Å². The maximum Gasteiger partial charge on any atom is 0.417 e. The number of halogens is 5. The molecule has 0 aliphatic rings. The zero-order valence-corrected chi connectivity index (χ0v) is 27.3. The highest BCUT2D eigenvalue weighted by molar-refractivity contribution is 6.32. The van der Waals surface area contributed by atoms with Crippen molar-refractivity contribution in [2.24, 2.45) is 0 Å². The number of benzene rings is 4. The molecule has 0 spiro atoms. The number of rotatable bonds is 15. The maximum atomic E-state index is 13.7. The summed E-state index contributed by atoms with van der Waals surface area (Å²) < 4.78 is 47.2. The van der Waals surface area contributed by atoms with E-state index in [2.05, 4.69) is 44.5 Å². The summed E-state index contributed by atoms with van der Waals surface area (Å²) in [5, 5.41) is 2.96.